The molecule has 0 fully saturated rings. The minimum Gasteiger partial charge on any atom is -0.504 e. The van der Waals surface area contributed by atoms with Crippen molar-refractivity contribution in [2.24, 2.45) is 11.0 Å². The van der Waals surface area contributed by atoms with Crippen LogP contribution >= 0.6 is 11.6 Å². The van der Waals surface area contributed by atoms with Crippen molar-refractivity contribution in [1.82, 2.24) is 10.7 Å². The summed E-state index contributed by atoms with van der Waals surface area (Å²) < 4.78 is 5.17. The fourth-order valence-corrected chi connectivity index (χ4v) is 2.96. The van der Waals surface area contributed by atoms with Crippen LogP contribution in [-0.4, -0.2) is 36.3 Å². The first-order valence-corrected chi connectivity index (χ1v) is 10.0. The Hall–Kier alpha value is -3.32. The van der Waals surface area contributed by atoms with Gasteiger partial charge < -0.3 is 15.2 Å². The maximum Gasteiger partial charge on any atom is 0.262 e. The highest BCUT2D eigenvalue weighted by atomic mass is 35.5. The number of allylic oxidation sites excluding steroid dienone is 1. The largest absolute Gasteiger partial charge is 0.504 e. The van der Waals surface area contributed by atoms with Crippen molar-refractivity contribution < 1.29 is 19.4 Å². The molecule has 0 radical (unpaired) electrons. The fraction of sp³-hybridized carbons (Fsp3) is 0.261. The number of nitrogens with zero attached hydrogens (tertiary/aromatic N) is 1. The molecule has 0 spiro atoms. The third-order valence-electron chi connectivity index (χ3n) is 4.49. The van der Waals surface area contributed by atoms with E-state index in [0.29, 0.717) is 33.9 Å². The summed E-state index contributed by atoms with van der Waals surface area (Å²) >= 11 is 5.85. The number of phenols is 1. The molecular weight excluding hydrogens is 418 g/mol. The van der Waals surface area contributed by atoms with E-state index in [1.54, 1.807) is 42.5 Å². The fourth-order valence-electron chi connectivity index (χ4n) is 2.83. The molecule has 3 N–H and O–H groups in total. The number of hydrogen-bond donors (Lipinski definition) is 3. The van der Waals surface area contributed by atoms with Crippen molar-refractivity contribution in [1.29, 1.82) is 0 Å². The number of rotatable bonds is 9. The minimum absolute atomic E-state index is 0.0355. The van der Waals surface area contributed by atoms with Gasteiger partial charge in [-0.3, -0.25) is 9.59 Å². The zero-order chi connectivity index (χ0) is 23.0. The van der Waals surface area contributed by atoms with Crippen LogP contribution in [0, 0.1) is 5.92 Å². The molecule has 0 heterocycles. The number of hydrazone groups is 1. The molecular formula is C23H26ClN3O4. The number of phenolic OH excluding ortho intramolecular Hbond substituents is 1. The van der Waals surface area contributed by atoms with Crippen LogP contribution in [0.3, 0.4) is 0 Å². The van der Waals surface area contributed by atoms with E-state index in [9.17, 15) is 14.7 Å². The van der Waals surface area contributed by atoms with Crippen molar-refractivity contribution in [2.75, 3.05) is 7.11 Å². The monoisotopic (exact) mass is 443 g/mol. The first-order chi connectivity index (χ1) is 14.8. The summed E-state index contributed by atoms with van der Waals surface area (Å²) in [5, 5.41) is 17.4. The number of benzene rings is 2. The lowest BCUT2D eigenvalue weighted by molar-refractivity contribution is -0.123. The van der Waals surface area contributed by atoms with E-state index in [1.165, 1.54) is 13.3 Å². The minimum atomic E-state index is -0.786. The molecule has 1 atom stereocenters. The van der Waals surface area contributed by atoms with Gasteiger partial charge in [-0.15, -0.1) is 6.58 Å². The number of amides is 2. The summed E-state index contributed by atoms with van der Waals surface area (Å²) in [5.74, 6) is -0.673. The lowest BCUT2D eigenvalue weighted by Crippen LogP contribution is -2.48. The van der Waals surface area contributed by atoms with Gasteiger partial charge in [-0.2, -0.15) is 5.10 Å². The van der Waals surface area contributed by atoms with Crippen LogP contribution < -0.4 is 15.5 Å². The van der Waals surface area contributed by atoms with Crippen molar-refractivity contribution in [3.05, 3.63) is 70.8 Å². The van der Waals surface area contributed by atoms with Crippen LogP contribution in [0.4, 0.5) is 0 Å². The zero-order valence-corrected chi connectivity index (χ0v) is 18.4. The molecule has 1 unspecified atom stereocenters. The summed E-state index contributed by atoms with van der Waals surface area (Å²) in [4.78, 5) is 25.1. The van der Waals surface area contributed by atoms with Crippen LogP contribution in [0.25, 0.3) is 0 Å². The second kappa shape index (κ2) is 11.2. The van der Waals surface area contributed by atoms with Gasteiger partial charge in [0.25, 0.3) is 11.8 Å². The van der Waals surface area contributed by atoms with Crippen molar-refractivity contribution >= 4 is 29.6 Å². The highest BCUT2D eigenvalue weighted by Crippen LogP contribution is 2.31. The molecule has 164 valence electrons. The molecule has 2 amide bonds. The Morgan fingerprint density at radius 1 is 1.26 bits per heavy atom. The smallest absolute Gasteiger partial charge is 0.262 e. The van der Waals surface area contributed by atoms with Gasteiger partial charge >= 0.3 is 0 Å². The second-order valence-corrected chi connectivity index (χ2v) is 7.60. The predicted molar refractivity (Wildman–Crippen MR) is 122 cm³/mol. The summed E-state index contributed by atoms with van der Waals surface area (Å²) in [7, 11) is 1.45. The average Bonchev–Trinajstić information content (AvgIpc) is 2.74. The molecule has 0 bridgehead atoms. The van der Waals surface area contributed by atoms with Crippen LogP contribution in [-0.2, 0) is 11.2 Å². The van der Waals surface area contributed by atoms with Gasteiger partial charge in [0.05, 0.1) is 13.3 Å². The highest BCUT2D eigenvalue weighted by Gasteiger charge is 2.24. The number of carbonyl (C=O) groups excluding carboxylic acids is 2. The molecule has 2 rings (SSSR count). The first-order valence-electron chi connectivity index (χ1n) is 9.67. The molecule has 31 heavy (non-hydrogen) atoms. The standard InChI is InChI=1S/C23H26ClN3O4/c1-5-6-17-11-15(12-19(31-4)21(17)28)13-25-27-23(30)20(14(2)3)26-22(29)16-7-9-18(24)10-8-16/h5,7-14,20,28H,1,6H2,2-4H3,(H,26,29)(H,27,30)/b25-13+. The van der Waals surface area contributed by atoms with Gasteiger partial charge in [0.15, 0.2) is 11.5 Å². The third kappa shape index (κ3) is 6.58. The van der Waals surface area contributed by atoms with Gasteiger partial charge in [0.1, 0.15) is 6.04 Å². The van der Waals surface area contributed by atoms with Crippen molar-refractivity contribution in [3.8, 4) is 11.5 Å². The lowest BCUT2D eigenvalue weighted by Gasteiger charge is -2.20. The molecule has 0 aliphatic heterocycles. The molecule has 2 aromatic carbocycles. The maximum atomic E-state index is 12.6. The molecule has 7 nitrogen and oxygen atoms in total. The second-order valence-electron chi connectivity index (χ2n) is 7.16. The molecule has 0 saturated heterocycles. The number of methoxy groups -OCH3 is 1. The zero-order valence-electron chi connectivity index (χ0n) is 17.7. The van der Waals surface area contributed by atoms with E-state index in [-0.39, 0.29) is 17.6 Å². The molecule has 0 aromatic heterocycles. The Bertz CT molecular complexity index is 972. The third-order valence-corrected chi connectivity index (χ3v) is 4.74. The van der Waals surface area contributed by atoms with Gasteiger partial charge in [0, 0.05) is 16.1 Å². The number of ether oxygens (including phenoxy) is 1. The van der Waals surface area contributed by atoms with Crippen molar-refractivity contribution in [3.63, 3.8) is 0 Å². The Labute approximate surface area is 186 Å². The Morgan fingerprint density at radius 2 is 1.94 bits per heavy atom. The van der Waals surface area contributed by atoms with Crippen LogP contribution in [0.2, 0.25) is 5.02 Å². The normalized spacial score (nSPS) is 11.9. The summed E-state index contributed by atoms with van der Waals surface area (Å²) in [5.41, 5.74) is 4.10. The number of hydrogen-bond acceptors (Lipinski definition) is 5. The summed E-state index contributed by atoms with van der Waals surface area (Å²) in [6, 6.07) is 8.92. The van der Waals surface area contributed by atoms with Crippen molar-refractivity contribution in [2.45, 2.75) is 26.3 Å². The first kappa shape index (κ1) is 24.0. The average molecular weight is 444 g/mol. The van der Waals surface area contributed by atoms with E-state index in [4.69, 9.17) is 16.3 Å². The SMILES string of the molecule is C=CCc1cc(/C=N/NC(=O)C(NC(=O)c2ccc(Cl)cc2)C(C)C)cc(OC)c1O. The van der Waals surface area contributed by atoms with Gasteiger partial charge in [0.2, 0.25) is 0 Å². The lowest BCUT2D eigenvalue weighted by atomic mass is 10.0. The van der Waals surface area contributed by atoms with Crippen LogP contribution in [0.15, 0.2) is 54.2 Å². The van der Waals surface area contributed by atoms with Gasteiger partial charge in [-0.25, -0.2) is 5.43 Å². The Morgan fingerprint density at radius 3 is 2.52 bits per heavy atom. The van der Waals surface area contributed by atoms with E-state index < -0.39 is 11.9 Å². The molecule has 0 saturated carbocycles. The maximum absolute atomic E-state index is 12.6. The van der Waals surface area contributed by atoms with E-state index in [0.717, 1.165) is 0 Å². The predicted octanol–water partition coefficient (Wildman–Crippen LogP) is 3.69. The molecule has 2 aromatic rings. The Balaban J connectivity index is 2.10. The number of halogens is 1. The quantitative estimate of drug-likeness (QED) is 0.312. The molecule has 0 aliphatic carbocycles. The number of aromatic hydroxyl groups is 1. The Kier molecular flexibility index (Phi) is 8.63. The van der Waals surface area contributed by atoms with Crippen LogP contribution in [0.5, 0.6) is 11.5 Å². The molecule has 8 heteroatoms. The number of nitrogens with one attached hydrogen (secondary N) is 2. The van der Waals surface area contributed by atoms with Gasteiger partial charge in [-0.05, 0) is 54.3 Å². The highest BCUT2D eigenvalue weighted by molar-refractivity contribution is 6.30. The van der Waals surface area contributed by atoms with Gasteiger partial charge in [-0.1, -0.05) is 31.5 Å². The summed E-state index contributed by atoms with van der Waals surface area (Å²) in [6.07, 6.45) is 3.54. The van der Waals surface area contributed by atoms with E-state index in [2.05, 4.69) is 22.4 Å². The van der Waals surface area contributed by atoms with E-state index in [1.807, 2.05) is 13.8 Å². The van der Waals surface area contributed by atoms with Crippen LogP contribution in [0.1, 0.15) is 35.3 Å². The molecule has 0 aliphatic rings. The summed E-state index contributed by atoms with van der Waals surface area (Å²) in [6.45, 7) is 7.31. The topological polar surface area (TPSA) is 100 Å². The number of carbonyl (C=O) groups is 2. The van der Waals surface area contributed by atoms with E-state index >= 15 is 0 Å².